The van der Waals surface area contributed by atoms with E-state index < -0.39 is 0 Å². The van der Waals surface area contributed by atoms with Gasteiger partial charge in [0.15, 0.2) is 0 Å². The summed E-state index contributed by atoms with van der Waals surface area (Å²) in [6.45, 7) is 12.2. The summed E-state index contributed by atoms with van der Waals surface area (Å²) >= 11 is 0. The van der Waals surface area contributed by atoms with Crippen molar-refractivity contribution >= 4 is 0 Å². The first kappa shape index (κ1) is 13.3. The molecule has 2 atom stereocenters. The lowest BCUT2D eigenvalue weighted by Gasteiger charge is -2.40. The maximum Gasteiger partial charge on any atom is 0.0593 e. The van der Waals surface area contributed by atoms with Crippen molar-refractivity contribution in [3.63, 3.8) is 0 Å². The Morgan fingerprint density at radius 2 is 2.12 bits per heavy atom. The molecule has 1 heterocycles. The van der Waals surface area contributed by atoms with Crippen LogP contribution in [0.5, 0.6) is 0 Å². The molecule has 2 fully saturated rings. The van der Waals surface area contributed by atoms with Crippen LogP contribution in [-0.4, -0.2) is 49.8 Å². The first-order chi connectivity index (χ1) is 8.16. The molecule has 0 radical (unpaired) electrons. The molecule has 2 unspecified atom stereocenters. The lowest BCUT2D eigenvalue weighted by atomic mass is 10.00. The van der Waals surface area contributed by atoms with Crippen molar-refractivity contribution in [3.05, 3.63) is 0 Å². The number of hydrogen-bond donors (Lipinski definition) is 1. The summed E-state index contributed by atoms with van der Waals surface area (Å²) in [5.74, 6) is 1.61. The third kappa shape index (κ3) is 4.23. The number of ether oxygens (including phenoxy) is 1. The van der Waals surface area contributed by atoms with Gasteiger partial charge in [0.05, 0.1) is 6.61 Å². The van der Waals surface area contributed by atoms with Gasteiger partial charge < -0.3 is 10.1 Å². The van der Waals surface area contributed by atoms with E-state index in [1.165, 1.54) is 19.4 Å². The van der Waals surface area contributed by atoms with Gasteiger partial charge in [0.2, 0.25) is 0 Å². The van der Waals surface area contributed by atoms with Crippen molar-refractivity contribution in [2.24, 2.45) is 11.8 Å². The summed E-state index contributed by atoms with van der Waals surface area (Å²) in [6, 6.07) is 1.30. The van der Waals surface area contributed by atoms with Crippen molar-refractivity contribution in [2.75, 3.05) is 32.8 Å². The molecular weight excluding hydrogens is 212 g/mol. The van der Waals surface area contributed by atoms with Gasteiger partial charge in [-0.3, -0.25) is 4.90 Å². The third-order valence-corrected chi connectivity index (χ3v) is 4.11. The van der Waals surface area contributed by atoms with Crippen LogP contribution in [0, 0.1) is 11.8 Å². The lowest BCUT2D eigenvalue weighted by molar-refractivity contribution is 0.0601. The fourth-order valence-electron chi connectivity index (χ4n) is 2.42. The largest absolute Gasteiger partial charge is 0.380 e. The van der Waals surface area contributed by atoms with E-state index in [4.69, 9.17) is 4.74 Å². The third-order valence-electron chi connectivity index (χ3n) is 4.11. The molecule has 1 saturated carbocycles. The first-order valence-corrected chi connectivity index (χ1v) is 7.22. The summed E-state index contributed by atoms with van der Waals surface area (Å²) in [4.78, 5) is 2.58. The second kappa shape index (κ2) is 6.17. The van der Waals surface area contributed by atoms with E-state index in [9.17, 15) is 0 Å². The van der Waals surface area contributed by atoms with E-state index >= 15 is 0 Å². The van der Waals surface area contributed by atoms with Crippen LogP contribution in [0.3, 0.4) is 0 Å². The number of nitrogens with zero attached hydrogens (tertiary/aromatic N) is 1. The van der Waals surface area contributed by atoms with Crippen LogP contribution in [-0.2, 0) is 4.74 Å². The molecular formula is C14H28N2O. The molecule has 0 aromatic rings. The van der Waals surface area contributed by atoms with Crippen molar-refractivity contribution < 1.29 is 4.74 Å². The van der Waals surface area contributed by atoms with Gasteiger partial charge in [-0.15, -0.1) is 0 Å². The molecule has 0 aromatic heterocycles. The van der Waals surface area contributed by atoms with Gasteiger partial charge >= 0.3 is 0 Å². The van der Waals surface area contributed by atoms with Crippen molar-refractivity contribution in [3.8, 4) is 0 Å². The molecule has 3 heteroatoms. The van der Waals surface area contributed by atoms with E-state index in [2.05, 4.69) is 31.0 Å². The Morgan fingerprint density at radius 3 is 2.76 bits per heavy atom. The predicted octanol–water partition coefficient (Wildman–Crippen LogP) is 1.73. The Balaban J connectivity index is 1.65. The quantitative estimate of drug-likeness (QED) is 0.716. The highest BCUT2D eigenvalue weighted by Gasteiger charge is 2.26. The molecule has 1 saturated heterocycles. The average Bonchev–Trinajstić information content (AvgIpc) is 3.10. The lowest BCUT2D eigenvalue weighted by Crippen LogP contribution is -2.57. The molecule has 2 aliphatic rings. The fraction of sp³-hybridized carbons (Fsp3) is 1.00. The van der Waals surface area contributed by atoms with Crippen LogP contribution in [0.25, 0.3) is 0 Å². The monoisotopic (exact) mass is 240 g/mol. The summed E-state index contributed by atoms with van der Waals surface area (Å²) in [5.41, 5.74) is 0. The molecule has 0 spiro atoms. The fourth-order valence-corrected chi connectivity index (χ4v) is 2.42. The van der Waals surface area contributed by atoms with Crippen LogP contribution in [0.15, 0.2) is 0 Å². The van der Waals surface area contributed by atoms with Crippen molar-refractivity contribution in [2.45, 2.75) is 45.7 Å². The number of hydrogen-bond acceptors (Lipinski definition) is 3. The number of nitrogens with one attached hydrogen (secondary N) is 1. The minimum atomic E-state index is 0.648. The van der Waals surface area contributed by atoms with Gasteiger partial charge in [-0.05, 0) is 31.6 Å². The van der Waals surface area contributed by atoms with Crippen LogP contribution >= 0.6 is 0 Å². The van der Waals surface area contributed by atoms with Gasteiger partial charge in [-0.1, -0.05) is 13.8 Å². The first-order valence-electron chi connectivity index (χ1n) is 7.22. The van der Waals surface area contributed by atoms with E-state index in [1.54, 1.807) is 0 Å². The predicted molar refractivity (Wildman–Crippen MR) is 71.2 cm³/mol. The topological polar surface area (TPSA) is 24.5 Å². The summed E-state index contributed by atoms with van der Waals surface area (Å²) in [5, 5.41) is 3.63. The molecule has 1 aliphatic heterocycles. The smallest absolute Gasteiger partial charge is 0.0593 e. The van der Waals surface area contributed by atoms with E-state index in [0.717, 1.165) is 38.1 Å². The van der Waals surface area contributed by atoms with Crippen LogP contribution in [0.1, 0.15) is 33.6 Å². The Labute approximate surface area is 106 Å². The molecule has 17 heavy (non-hydrogen) atoms. The molecule has 0 bridgehead atoms. The van der Waals surface area contributed by atoms with E-state index in [-0.39, 0.29) is 0 Å². The zero-order chi connectivity index (χ0) is 12.3. The number of rotatable bonds is 6. The maximum absolute atomic E-state index is 5.74. The van der Waals surface area contributed by atoms with Gasteiger partial charge in [0, 0.05) is 38.3 Å². The molecule has 2 rings (SSSR count). The summed E-state index contributed by atoms with van der Waals surface area (Å²) in [6.07, 6.45) is 2.78. The average molecular weight is 240 g/mol. The minimum Gasteiger partial charge on any atom is -0.380 e. The van der Waals surface area contributed by atoms with Crippen molar-refractivity contribution in [1.82, 2.24) is 10.2 Å². The second-order valence-corrected chi connectivity index (χ2v) is 6.12. The Morgan fingerprint density at radius 1 is 1.35 bits per heavy atom. The molecule has 1 aliphatic carbocycles. The minimum absolute atomic E-state index is 0.648. The molecule has 3 nitrogen and oxygen atoms in total. The van der Waals surface area contributed by atoms with E-state index in [0.29, 0.717) is 12.1 Å². The summed E-state index contributed by atoms with van der Waals surface area (Å²) < 4.78 is 5.74. The highest BCUT2D eigenvalue weighted by atomic mass is 16.5. The highest BCUT2D eigenvalue weighted by molar-refractivity contribution is 4.85. The Kier molecular flexibility index (Phi) is 4.83. The zero-order valence-electron chi connectivity index (χ0n) is 11.6. The van der Waals surface area contributed by atoms with Gasteiger partial charge in [0.25, 0.3) is 0 Å². The maximum atomic E-state index is 5.74. The zero-order valence-corrected chi connectivity index (χ0v) is 11.6. The van der Waals surface area contributed by atoms with Crippen molar-refractivity contribution in [1.29, 1.82) is 0 Å². The molecule has 100 valence electrons. The molecule has 0 amide bonds. The SMILES string of the molecule is CC(C)C1CN(CCOCC2CC2)C(C)CN1. The normalized spacial score (nSPS) is 31.1. The summed E-state index contributed by atoms with van der Waals surface area (Å²) in [7, 11) is 0. The van der Waals surface area contributed by atoms with Gasteiger partial charge in [0.1, 0.15) is 0 Å². The second-order valence-electron chi connectivity index (χ2n) is 6.12. The van der Waals surface area contributed by atoms with E-state index in [1.807, 2.05) is 0 Å². The number of piperazine rings is 1. The molecule has 1 N–H and O–H groups in total. The Hall–Kier alpha value is -0.120. The van der Waals surface area contributed by atoms with Gasteiger partial charge in [-0.2, -0.15) is 0 Å². The van der Waals surface area contributed by atoms with Crippen LogP contribution < -0.4 is 5.32 Å². The highest BCUT2D eigenvalue weighted by Crippen LogP contribution is 2.28. The molecule has 0 aromatic carbocycles. The Bertz CT molecular complexity index is 228. The van der Waals surface area contributed by atoms with Crippen LogP contribution in [0.2, 0.25) is 0 Å². The standard InChI is InChI=1S/C14H28N2O/c1-11(2)14-9-16(12(3)8-15-14)6-7-17-10-13-4-5-13/h11-15H,4-10H2,1-3H3. The van der Waals surface area contributed by atoms with Crippen LogP contribution in [0.4, 0.5) is 0 Å². The van der Waals surface area contributed by atoms with Gasteiger partial charge in [-0.25, -0.2) is 0 Å².